The van der Waals surface area contributed by atoms with E-state index in [-0.39, 0.29) is 5.91 Å². The fourth-order valence-corrected chi connectivity index (χ4v) is 3.22. The van der Waals surface area contributed by atoms with Crippen LogP contribution < -0.4 is 5.32 Å². The van der Waals surface area contributed by atoms with Gasteiger partial charge < -0.3 is 0 Å². The molecule has 0 aliphatic rings. The van der Waals surface area contributed by atoms with Crippen LogP contribution in [-0.2, 0) is 4.79 Å². The Labute approximate surface area is 130 Å². The van der Waals surface area contributed by atoms with Crippen LogP contribution in [0.15, 0.2) is 34.7 Å². The molecule has 4 nitrogen and oxygen atoms in total. The predicted molar refractivity (Wildman–Crippen MR) is 85.4 cm³/mol. The number of benzene rings is 1. The molecule has 1 aromatic heterocycles. The van der Waals surface area contributed by atoms with Crippen LogP contribution in [0.5, 0.6) is 0 Å². The number of hydrogen-bond acceptors (Lipinski definition) is 5. The van der Waals surface area contributed by atoms with E-state index in [2.05, 4.69) is 15.5 Å². The first-order valence-corrected chi connectivity index (χ1v) is 8.07. The summed E-state index contributed by atoms with van der Waals surface area (Å²) in [6, 6.07) is 7.32. The Kier molecular flexibility index (Phi) is 5.58. The van der Waals surface area contributed by atoms with Gasteiger partial charge in [-0.1, -0.05) is 59.8 Å². The number of hydrogen-bond donors (Lipinski definition) is 1. The highest BCUT2D eigenvalue weighted by molar-refractivity contribution is 8.01. The zero-order chi connectivity index (χ0) is 14.4. The van der Waals surface area contributed by atoms with Gasteiger partial charge >= 0.3 is 0 Å². The number of amides is 1. The van der Waals surface area contributed by atoms with Crippen molar-refractivity contribution < 1.29 is 4.79 Å². The Hall–Kier alpha value is -1.37. The molecule has 0 aliphatic carbocycles. The number of nitrogens with zero attached hydrogens (tertiary/aromatic N) is 2. The van der Waals surface area contributed by atoms with Crippen molar-refractivity contribution >= 4 is 51.8 Å². The third-order valence-corrected chi connectivity index (χ3v) is 4.42. The Bertz CT molecular complexity index is 628. The Morgan fingerprint density at radius 2 is 2.25 bits per heavy atom. The summed E-state index contributed by atoms with van der Waals surface area (Å²) >= 11 is 8.95. The zero-order valence-corrected chi connectivity index (χ0v) is 13.1. The van der Waals surface area contributed by atoms with E-state index >= 15 is 0 Å². The summed E-state index contributed by atoms with van der Waals surface area (Å²) in [7, 11) is 0. The first-order valence-electron chi connectivity index (χ1n) is 5.89. The van der Waals surface area contributed by atoms with Crippen molar-refractivity contribution in [1.82, 2.24) is 10.2 Å². The number of carbonyl (C=O) groups is 1. The topological polar surface area (TPSA) is 54.9 Å². The zero-order valence-electron chi connectivity index (χ0n) is 10.7. The molecular formula is C13H12ClN3OS2. The van der Waals surface area contributed by atoms with Gasteiger partial charge in [0.1, 0.15) is 0 Å². The molecule has 2 aromatic rings. The average molecular weight is 326 g/mol. The fraction of sp³-hybridized carbons (Fsp3) is 0.154. The maximum atomic E-state index is 11.8. The van der Waals surface area contributed by atoms with Gasteiger partial charge in [-0.3, -0.25) is 10.1 Å². The van der Waals surface area contributed by atoms with E-state index in [0.717, 1.165) is 15.7 Å². The van der Waals surface area contributed by atoms with Crippen LogP contribution in [0, 0.1) is 0 Å². The van der Waals surface area contributed by atoms with Crippen molar-refractivity contribution in [3.8, 4) is 0 Å². The lowest BCUT2D eigenvalue weighted by Gasteiger charge is -1.97. The fourth-order valence-electron chi connectivity index (χ4n) is 1.36. The molecule has 1 aromatic carbocycles. The minimum Gasteiger partial charge on any atom is -0.297 e. The van der Waals surface area contributed by atoms with E-state index in [9.17, 15) is 4.79 Å². The summed E-state index contributed by atoms with van der Waals surface area (Å²) in [5, 5.41) is 11.6. The lowest BCUT2D eigenvalue weighted by molar-refractivity contribution is -0.111. The molecule has 7 heteroatoms. The molecule has 0 fully saturated rings. The molecule has 0 spiro atoms. The predicted octanol–water partition coefficient (Wildman–Crippen LogP) is 3.96. The quantitative estimate of drug-likeness (QED) is 0.513. The van der Waals surface area contributed by atoms with Gasteiger partial charge in [-0.2, -0.15) is 0 Å². The molecule has 2 rings (SSSR count). The van der Waals surface area contributed by atoms with E-state index in [4.69, 9.17) is 11.6 Å². The number of aromatic nitrogens is 2. The van der Waals surface area contributed by atoms with Crippen LogP contribution >= 0.6 is 34.7 Å². The van der Waals surface area contributed by atoms with E-state index in [1.165, 1.54) is 17.4 Å². The maximum Gasteiger partial charge on any atom is 0.250 e. The summed E-state index contributed by atoms with van der Waals surface area (Å²) < 4.78 is 0.845. The lowest BCUT2D eigenvalue weighted by atomic mass is 10.2. The summed E-state index contributed by atoms with van der Waals surface area (Å²) in [6.45, 7) is 2.04. The normalized spacial score (nSPS) is 10.9. The lowest BCUT2D eigenvalue weighted by Crippen LogP contribution is -2.07. The van der Waals surface area contributed by atoms with Gasteiger partial charge in [0.25, 0.3) is 0 Å². The van der Waals surface area contributed by atoms with Gasteiger partial charge in [0.05, 0.1) is 0 Å². The second-order valence-electron chi connectivity index (χ2n) is 3.65. The number of nitrogens with one attached hydrogen (secondary N) is 1. The summed E-state index contributed by atoms with van der Waals surface area (Å²) in [4.78, 5) is 11.8. The van der Waals surface area contributed by atoms with Gasteiger partial charge in [-0.25, -0.2) is 0 Å². The summed E-state index contributed by atoms with van der Waals surface area (Å²) in [6.07, 6.45) is 3.09. The van der Waals surface area contributed by atoms with Crippen LogP contribution in [0.25, 0.3) is 6.08 Å². The molecule has 104 valence electrons. The second kappa shape index (κ2) is 7.42. The smallest absolute Gasteiger partial charge is 0.250 e. The minimum atomic E-state index is -0.255. The van der Waals surface area contributed by atoms with Gasteiger partial charge in [0.15, 0.2) is 4.34 Å². The minimum absolute atomic E-state index is 0.255. The number of rotatable bonds is 5. The van der Waals surface area contributed by atoms with Crippen LogP contribution in [0.4, 0.5) is 5.13 Å². The molecule has 1 N–H and O–H groups in total. The molecule has 0 radical (unpaired) electrons. The van der Waals surface area contributed by atoms with Gasteiger partial charge in [0, 0.05) is 11.1 Å². The Morgan fingerprint density at radius 1 is 1.45 bits per heavy atom. The Morgan fingerprint density at radius 3 is 3.00 bits per heavy atom. The molecule has 1 amide bonds. The highest BCUT2D eigenvalue weighted by atomic mass is 35.5. The third kappa shape index (κ3) is 4.33. The van der Waals surface area contributed by atoms with Crippen molar-refractivity contribution in [2.45, 2.75) is 11.3 Å². The van der Waals surface area contributed by atoms with Gasteiger partial charge in [0.2, 0.25) is 11.0 Å². The SMILES string of the molecule is CCSc1nnc(NC(=O)/C=C/c2ccccc2Cl)s1. The molecule has 0 atom stereocenters. The van der Waals surface area contributed by atoms with E-state index in [0.29, 0.717) is 10.2 Å². The molecule has 0 saturated heterocycles. The molecule has 0 unspecified atom stereocenters. The monoisotopic (exact) mass is 325 g/mol. The molecule has 20 heavy (non-hydrogen) atoms. The highest BCUT2D eigenvalue weighted by Crippen LogP contribution is 2.25. The first kappa shape index (κ1) is 15.0. The maximum absolute atomic E-state index is 11.8. The van der Waals surface area contributed by atoms with Crippen LogP contribution in [-0.4, -0.2) is 21.9 Å². The molecule has 1 heterocycles. The van der Waals surface area contributed by atoms with Crippen molar-refractivity contribution in [1.29, 1.82) is 0 Å². The van der Waals surface area contributed by atoms with E-state index in [1.807, 2.05) is 25.1 Å². The average Bonchev–Trinajstić information content (AvgIpc) is 2.85. The van der Waals surface area contributed by atoms with Crippen LogP contribution in [0.3, 0.4) is 0 Å². The summed E-state index contributed by atoms with van der Waals surface area (Å²) in [5.41, 5.74) is 0.795. The number of thioether (sulfide) groups is 1. The molecule has 0 aliphatic heterocycles. The van der Waals surface area contributed by atoms with Crippen molar-refractivity contribution in [3.63, 3.8) is 0 Å². The van der Waals surface area contributed by atoms with Crippen molar-refractivity contribution in [2.24, 2.45) is 0 Å². The molecule has 0 saturated carbocycles. The van der Waals surface area contributed by atoms with Crippen LogP contribution in [0.1, 0.15) is 12.5 Å². The first-order chi connectivity index (χ1) is 9.69. The highest BCUT2D eigenvalue weighted by Gasteiger charge is 2.06. The summed E-state index contributed by atoms with van der Waals surface area (Å²) in [5.74, 6) is 0.670. The van der Waals surface area contributed by atoms with Gasteiger partial charge in [-0.05, 0) is 23.5 Å². The second-order valence-corrected chi connectivity index (χ2v) is 6.55. The van der Waals surface area contributed by atoms with Crippen molar-refractivity contribution in [3.05, 3.63) is 40.9 Å². The Balaban J connectivity index is 1.96. The standard InChI is InChI=1S/C13H12ClN3OS2/c1-2-19-13-17-16-12(20-13)15-11(18)8-7-9-5-3-4-6-10(9)14/h3-8H,2H2,1H3,(H,15,16,18)/b8-7+. The van der Waals surface area contributed by atoms with E-state index < -0.39 is 0 Å². The largest absolute Gasteiger partial charge is 0.297 e. The van der Waals surface area contributed by atoms with Crippen molar-refractivity contribution in [2.75, 3.05) is 11.1 Å². The van der Waals surface area contributed by atoms with Gasteiger partial charge in [-0.15, -0.1) is 10.2 Å². The van der Waals surface area contributed by atoms with Crippen LogP contribution in [0.2, 0.25) is 5.02 Å². The third-order valence-electron chi connectivity index (χ3n) is 2.22. The number of anilines is 1. The molecular weight excluding hydrogens is 314 g/mol. The number of halogens is 1. The van der Waals surface area contributed by atoms with E-state index in [1.54, 1.807) is 23.9 Å². The molecule has 0 bridgehead atoms. The number of carbonyl (C=O) groups excluding carboxylic acids is 1.